The first-order chi connectivity index (χ1) is 18.8. The summed E-state index contributed by atoms with van der Waals surface area (Å²) in [5.41, 5.74) is 2.26. The molecule has 0 fully saturated rings. The van der Waals surface area contributed by atoms with Crippen molar-refractivity contribution in [1.29, 1.82) is 0 Å². The van der Waals surface area contributed by atoms with E-state index in [1.165, 1.54) is 36.5 Å². The second kappa shape index (κ2) is 10.5. The number of thiazole rings is 1. The van der Waals surface area contributed by atoms with E-state index in [2.05, 4.69) is 4.98 Å². The fourth-order valence-corrected chi connectivity index (χ4v) is 5.65. The zero-order valence-corrected chi connectivity index (χ0v) is 22.2. The fraction of sp³-hybridized carbons (Fsp3) is 0.133. The smallest absolute Gasteiger partial charge is 0.337 e. The second-order valence-corrected chi connectivity index (χ2v) is 9.75. The van der Waals surface area contributed by atoms with Crippen LogP contribution in [-0.4, -0.2) is 42.0 Å². The Bertz CT molecular complexity index is 1630. The molecule has 3 aromatic carbocycles. The fourth-order valence-electron chi connectivity index (χ4n) is 4.62. The molecule has 1 aliphatic heterocycles. The van der Waals surface area contributed by atoms with Gasteiger partial charge in [0.1, 0.15) is 10.8 Å². The zero-order chi connectivity index (χ0) is 27.7. The number of carbonyl (C=O) groups is 3. The van der Waals surface area contributed by atoms with Crippen molar-refractivity contribution in [2.24, 2.45) is 0 Å². The Morgan fingerprint density at radius 1 is 0.974 bits per heavy atom. The molecule has 5 rings (SSSR count). The van der Waals surface area contributed by atoms with Gasteiger partial charge in [0.25, 0.3) is 5.91 Å². The summed E-state index contributed by atoms with van der Waals surface area (Å²) in [7, 11) is 2.75. The van der Waals surface area contributed by atoms with Gasteiger partial charge in [-0.05, 0) is 31.2 Å². The molecule has 1 amide bonds. The van der Waals surface area contributed by atoms with Gasteiger partial charge in [0.05, 0.1) is 42.0 Å². The van der Waals surface area contributed by atoms with Gasteiger partial charge in [-0.3, -0.25) is 14.5 Å². The van der Waals surface area contributed by atoms with Crippen molar-refractivity contribution in [2.45, 2.75) is 13.0 Å². The number of anilines is 1. The number of methoxy groups -OCH3 is 2. The number of Topliss-reactive ketones (excluding diaryl/α,β-unsaturated/α-hetero) is 1. The maximum absolute atomic E-state index is 14.1. The van der Waals surface area contributed by atoms with Crippen LogP contribution < -0.4 is 9.64 Å². The summed E-state index contributed by atoms with van der Waals surface area (Å²) in [6.45, 7) is 1.72. The monoisotopic (exact) mass is 540 g/mol. The van der Waals surface area contributed by atoms with E-state index in [1.54, 1.807) is 49.4 Å². The highest BCUT2D eigenvalue weighted by Crippen LogP contribution is 2.45. The molecule has 1 aromatic heterocycles. The Morgan fingerprint density at radius 2 is 1.69 bits per heavy atom. The molecule has 0 aliphatic carbocycles. The maximum atomic E-state index is 14.1. The number of ether oxygens (including phenoxy) is 2. The van der Waals surface area contributed by atoms with Gasteiger partial charge in [0.2, 0.25) is 5.78 Å². The van der Waals surface area contributed by atoms with Crippen LogP contribution in [0.3, 0.4) is 0 Å². The van der Waals surface area contributed by atoms with Crippen LogP contribution in [0, 0.1) is 6.92 Å². The number of carbonyl (C=O) groups excluding carboxylic acids is 3. The van der Waals surface area contributed by atoms with E-state index >= 15 is 0 Å². The molecule has 9 heteroatoms. The lowest BCUT2D eigenvalue weighted by atomic mass is 9.94. The normalized spacial score (nSPS) is 15.0. The van der Waals surface area contributed by atoms with Crippen LogP contribution in [-0.2, 0) is 9.53 Å². The average molecular weight is 541 g/mol. The summed E-state index contributed by atoms with van der Waals surface area (Å²) in [4.78, 5) is 46.1. The van der Waals surface area contributed by atoms with Crippen LogP contribution >= 0.6 is 11.3 Å². The molecule has 0 saturated carbocycles. The molecule has 1 aliphatic rings. The van der Waals surface area contributed by atoms with E-state index in [9.17, 15) is 19.5 Å². The number of nitrogens with zero attached hydrogens (tertiary/aromatic N) is 2. The molecular weight excluding hydrogens is 516 g/mol. The SMILES string of the molecule is COC(=O)c1cccc(N2C(=O)C(O)=C(C(=O)c3sc(-c4ccccc4)nc3C)C2c2ccccc2OC)c1. The van der Waals surface area contributed by atoms with Gasteiger partial charge < -0.3 is 14.6 Å². The summed E-state index contributed by atoms with van der Waals surface area (Å²) >= 11 is 1.20. The number of rotatable bonds is 7. The predicted molar refractivity (Wildman–Crippen MR) is 147 cm³/mol. The molecule has 2 heterocycles. The minimum absolute atomic E-state index is 0.0978. The van der Waals surface area contributed by atoms with Crippen LogP contribution in [0.5, 0.6) is 5.75 Å². The number of aliphatic hydroxyl groups excluding tert-OH is 1. The van der Waals surface area contributed by atoms with E-state index in [-0.39, 0.29) is 11.1 Å². The van der Waals surface area contributed by atoms with Crippen LogP contribution in [0.4, 0.5) is 5.69 Å². The van der Waals surface area contributed by atoms with Gasteiger partial charge >= 0.3 is 5.97 Å². The molecule has 0 radical (unpaired) electrons. The summed E-state index contributed by atoms with van der Waals surface area (Å²) < 4.78 is 10.4. The van der Waals surface area contributed by atoms with Crippen LogP contribution in [0.15, 0.2) is 90.2 Å². The largest absolute Gasteiger partial charge is 0.503 e. The van der Waals surface area contributed by atoms with Gasteiger partial charge in [0, 0.05) is 16.8 Å². The summed E-state index contributed by atoms with van der Waals surface area (Å²) in [6, 6.07) is 21.7. The van der Waals surface area contributed by atoms with Crippen LogP contribution in [0.2, 0.25) is 0 Å². The van der Waals surface area contributed by atoms with E-state index in [0.29, 0.717) is 32.6 Å². The van der Waals surface area contributed by atoms with Gasteiger partial charge in [0.15, 0.2) is 5.76 Å². The lowest BCUT2D eigenvalue weighted by Gasteiger charge is -2.28. The van der Waals surface area contributed by atoms with Crippen molar-refractivity contribution in [3.05, 3.63) is 112 Å². The minimum Gasteiger partial charge on any atom is -0.503 e. The lowest BCUT2D eigenvalue weighted by molar-refractivity contribution is -0.117. The molecule has 39 heavy (non-hydrogen) atoms. The van der Waals surface area contributed by atoms with Crippen molar-refractivity contribution >= 4 is 34.7 Å². The molecule has 0 saturated heterocycles. The molecule has 4 aromatic rings. The summed E-state index contributed by atoms with van der Waals surface area (Å²) in [5, 5.41) is 11.8. The molecule has 0 bridgehead atoms. The van der Waals surface area contributed by atoms with Crippen molar-refractivity contribution in [3.63, 3.8) is 0 Å². The highest BCUT2D eigenvalue weighted by molar-refractivity contribution is 7.17. The Labute approximate surface area is 228 Å². The Hall–Kier alpha value is -4.76. The van der Waals surface area contributed by atoms with Crippen molar-refractivity contribution < 1.29 is 29.0 Å². The van der Waals surface area contributed by atoms with Gasteiger partial charge in [-0.25, -0.2) is 9.78 Å². The molecule has 1 unspecified atom stereocenters. The number of ketones is 1. The molecule has 1 N–H and O–H groups in total. The van der Waals surface area contributed by atoms with E-state index in [0.717, 1.165) is 5.56 Å². The van der Waals surface area contributed by atoms with Crippen LogP contribution in [0.25, 0.3) is 10.6 Å². The van der Waals surface area contributed by atoms with E-state index in [4.69, 9.17) is 9.47 Å². The topological polar surface area (TPSA) is 106 Å². The van der Waals surface area contributed by atoms with Gasteiger partial charge in [-0.15, -0.1) is 11.3 Å². The Balaban J connectivity index is 1.66. The number of para-hydroxylation sites is 1. The number of hydrogen-bond acceptors (Lipinski definition) is 8. The number of amides is 1. The second-order valence-electron chi connectivity index (χ2n) is 8.75. The Kier molecular flexibility index (Phi) is 7.00. The summed E-state index contributed by atoms with van der Waals surface area (Å²) in [6.07, 6.45) is 0. The first-order valence-electron chi connectivity index (χ1n) is 12.0. The van der Waals surface area contributed by atoms with Gasteiger partial charge in [-0.2, -0.15) is 0 Å². The van der Waals surface area contributed by atoms with Crippen molar-refractivity contribution in [3.8, 4) is 16.3 Å². The zero-order valence-electron chi connectivity index (χ0n) is 21.4. The third kappa shape index (κ3) is 4.57. The molecular formula is C30H24N2O6S. The number of aliphatic hydroxyl groups is 1. The number of aromatic nitrogens is 1. The first kappa shape index (κ1) is 25.9. The lowest BCUT2D eigenvalue weighted by Crippen LogP contribution is -2.31. The maximum Gasteiger partial charge on any atom is 0.337 e. The summed E-state index contributed by atoms with van der Waals surface area (Å²) in [5.74, 6) is -2.12. The molecule has 1 atom stereocenters. The van der Waals surface area contributed by atoms with E-state index in [1.807, 2.05) is 30.3 Å². The molecule has 196 valence electrons. The quantitative estimate of drug-likeness (QED) is 0.237. The first-order valence-corrected chi connectivity index (χ1v) is 12.8. The van der Waals surface area contributed by atoms with E-state index < -0.39 is 29.5 Å². The third-order valence-electron chi connectivity index (χ3n) is 6.46. The Morgan fingerprint density at radius 3 is 2.41 bits per heavy atom. The predicted octanol–water partition coefficient (Wildman–Crippen LogP) is 5.70. The highest BCUT2D eigenvalue weighted by atomic mass is 32.1. The average Bonchev–Trinajstić information content (AvgIpc) is 3.49. The minimum atomic E-state index is -1.03. The van der Waals surface area contributed by atoms with Crippen LogP contribution in [0.1, 0.15) is 37.3 Å². The standard InChI is InChI=1S/C30H24N2O6S/c1-17-27(39-28(31-17)18-10-5-4-6-11-18)25(33)23-24(21-14-7-8-15-22(21)37-2)32(29(35)26(23)34)20-13-9-12-19(16-20)30(36)38-3/h4-16,24,34H,1-3H3. The molecule has 0 spiro atoms. The third-order valence-corrected chi connectivity index (χ3v) is 7.66. The number of aryl methyl sites for hydroxylation is 1. The van der Waals surface area contributed by atoms with Gasteiger partial charge in [-0.1, -0.05) is 54.6 Å². The van der Waals surface area contributed by atoms with Crippen molar-refractivity contribution in [1.82, 2.24) is 4.98 Å². The molecule has 8 nitrogen and oxygen atoms in total. The highest BCUT2D eigenvalue weighted by Gasteiger charge is 2.46. The van der Waals surface area contributed by atoms with Crippen molar-refractivity contribution in [2.75, 3.05) is 19.1 Å². The number of benzene rings is 3. The number of hydrogen-bond donors (Lipinski definition) is 1. The number of esters is 1.